The van der Waals surface area contributed by atoms with Crippen LogP contribution in [-0.2, 0) is 16.2 Å². The van der Waals surface area contributed by atoms with Crippen LogP contribution in [0.25, 0.3) is 0 Å². The summed E-state index contributed by atoms with van der Waals surface area (Å²) in [5.41, 5.74) is 1.75. The Bertz CT molecular complexity index is 1480. The Kier molecular flexibility index (Phi) is 7.34. The van der Waals surface area contributed by atoms with Gasteiger partial charge in [0.05, 0.1) is 26.1 Å². The van der Waals surface area contributed by atoms with Crippen LogP contribution in [0.5, 0.6) is 11.5 Å². The number of benzene rings is 3. The summed E-state index contributed by atoms with van der Waals surface area (Å²) in [7, 11) is -4.66. The summed E-state index contributed by atoms with van der Waals surface area (Å²) in [6.07, 6.45) is -4.92. The largest absolute Gasteiger partial charge is 0.451 e. The lowest BCUT2D eigenvalue weighted by molar-refractivity contribution is -0.383. The number of carbonyl (C=O) groups is 1. The molecule has 190 valence electrons. The van der Waals surface area contributed by atoms with E-state index in [4.69, 9.17) is 33.7 Å². The molecule has 16 heteroatoms. The number of amides is 1. The van der Waals surface area contributed by atoms with Gasteiger partial charge in [0.2, 0.25) is 5.91 Å². The minimum absolute atomic E-state index is 0.102. The zero-order valence-corrected chi connectivity index (χ0v) is 19.6. The number of nitro groups is 1. The van der Waals surface area contributed by atoms with E-state index in [9.17, 15) is 40.9 Å². The van der Waals surface area contributed by atoms with Crippen LogP contribution in [0.4, 0.5) is 28.9 Å². The fourth-order valence-electron chi connectivity index (χ4n) is 2.89. The second-order valence-electron chi connectivity index (χ2n) is 6.89. The number of nitrogens with one attached hydrogen (secondary N) is 1. The first-order chi connectivity index (χ1) is 16.6. The number of ether oxygens (including phenoxy) is 1. The second-order valence-corrected chi connectivity index (χ2v) is 9.36. The van der Waals surface area contributed by atoms with Gasteiger partial charge in [0.25, 0.3) is 15.7 Å². The molecule has 0 aliphatic rings. The molecule has 0 aliphatic heterocycles. The molecule has 0 bridgehead atoms. The maximum absolute atomic E-state index is 14.4. The van der Waals surface area contributed by atoms with E-state index in [1.807, 2.05) is 4.72 Å². The molecular weight excluding hydrogens is 557 g/mol. The van der Waals surface area contributed by atoms with Crippen LogP contribution in [0.1, 0.15) is 15.9 Å². The molecule has 36 heavy (non-hydrogen) atoms. The van der Waals surface area contributed by atoms with Gasteiger partial charge >= 0.3 is 6.18 Å². The molecule has 0 heterocycles. The summed E-state index contributed by atoms with van der Waals surface area (Å²) < 4.78 is 85.8. The second kappa shape index (κ2) is 9.79. The normalized spacial score (nSPS) is 11.7. The summed E-state index contributed by atoms with van der Waals surface area (Å²) in [6, 6.07) is 6.55. The molecule has 3 rings (SSSR count). The van der Waals surface area contributed by atoms with Crippen LogP contribution in [0.15, 0.2) is 53.4 Å². The van der Waals surface area contributed by atoms with Crippen molar-refractivity contribution in [2.75, 3.05) is 4.72 Å². The van der Waals surface area contributed by atoms with E-state index in [1.165, 1.54) is 12.1 Å². The number of anilines is 1. The van der Waals surface area contributed by atoms with Crippen LogP contribution in [0.3, 0.4) is 0 Å². The number of alkyl halides is 3. The van der Waals surface area contributed by atoms with Crippen molar-refractivity contribution in [3.63, 3.8) is 0 Å². The van der Waals surface area contributed by atoms with Gasteiger partial charge in [-0.1, -0.05) is 35.3 Å². The third-order valence-electron chi connectivity index (χ3n) is 4.47. The number of nitrogens with zero attached hydrogens (tertiary/aromatic N) is 1. The minimum atomic E-state index is -4.92. The number of nitrogens with two attached hydrogens (primary N) is 1. The summed E-state index contributed by atoms with van der Waals surface area (Å²) in [5, 5.41) is 10.1. The van der Waals surface area contributed by atoms with Gasteiger partial charge in [0.1, 0.15) is 16.3 Å². The Balaban J connectivity index is 2.10. The molecule has 0 saturated heterocycles. The lowest BCUT2D eigenvalue weighted by atomic mass is 10.2. The number of primary amides is 1. The first-order valence-corrected chi connectivity index (χ1v) is 11.5. The van der Waals surface area contributed by atoms with E-state index >= 15 is 0 Å². The van der Waals surface area contributed by atoms with Crippen molar-refractivity contribution in [2.45, 2.75) is 11.1 Å². The fourth-order valence-corrected chi connectivity index (χ4v) is 4.61. The van der Waals surface area contributed by atoms with Gasteiger partial charge in [-0.05, 0) is 24.3 Å². The number of rotatable bonds is 7. The fraction of sp³-hybridized carbons (Fsp3) is 0.0500. The average molecular weight is 568 g/mol. The summed E-state index contributed by atoms with van der Waals surface area (Å²) >= 11 is 11.7. The SMILES string of the molecule is NC(=O)c1ccccc1S(=O)(=O)Nc1cc(Oc2c(F)cc(C(F)(F)F)cc2Cl)c(Cl)cc1[N+](=O)[O-]. The van der Waals surface area contributed by atoms with E-state index in [0.29, 0.717) is 18.2 Å². The summed E-state index contributed by atoms with van der Waals surface area (Å²) in [4.78, 5) is 21.5. The Hall–Kier alpha value is -3.62. The van der Waals surface area contributed by atoms with Crippen molar-refractivity contribution >= 4 is 50.5 Å². The van der Waals surface area contributed by atoms with Gasteiger partial charge in [-0.2, -0.15) is 13.2 Å². The van der Waals surface area contributed by atoms with Crippen molar-refractivity contribution in [1.29, 1.82) is 0 Å². The van der Waals surface area contributed by atoms with E-state index in [-0.39, 0.29) is 6.07 Å². The van der Waals surface area contributed by atoms with E-state index < -0.39 is 81.8 Å². The number of hydrogen-bond acceptors (Lipinski definition) is 6. The van der Waals surface area contributed by atoms with Gasteiger partial charge in [0.15, 0.2) is 11.6 Å². The number of carbonyl (C=O) groups excluding carboxylic acids is 1. The zero-order chi connectivity index (χ0) is 27.0. The van der Waals surface area contributed by atoms with Crippen molar-refractivity contribution in [1.82, 2.24) is 0 Å². The standard InChI is InChI=1S/C20H11Cl2F4N3O6S/c21-11-7-15(29(31)32)14(28-36(33,34)17-4-2-1-3-10(17)19(27)30)8-16(11)35-18-12(22)5-9(6-13(18)23)20(24,25)26/h1-8,28H,(H2,27,30). The van der Waals surface area contributed by atoms with Gasteiger partial charge in [0, 0.05) is 12.1 Å². The minimum Gasteiger partial charge on any atom is -0.451 e. The van der Waals surface area contributed by atoms with Crippen molar-refractivity contribution < 1.29 is 40.4 Å². The molecule has 9 nitrogen and oxygen atoms in total. The molecule has 1 amide bonds. The van der Waals surface area contributed by atoms with Gasteiger partial charge in [-0.25, -0.2) is 12.8 Å². The van der Waals surface area contributed by atoms with E-state index in [0.717, 1.165) is 12.1 Å². The van der Waals surface area contributed by atoms with Crippen LogP contribution in [0, 0.1) is 15.9 Å². The molecule has 0 aromatic heterocycles. The molecule has 0 fully saturated rings. The maximum Gasteiger partial charge on any atom is 0.416 e. The lowest BCUT2D eigenvalue weighted by Gasteiger charge is -2.15. The molecule has 0 radical (unpaired) electrons. The molecule has 0 unspecified atom stereocenters. The highest BCUT2D eigenvalue weighted by Crippen LogP contribution is 2.43. The quantitative estimate of drug-likeness (QED) is 0.211. The molecule has 3 aromatic carbocycles. The zero-order valence-electron chi connectivity index (χ0n) is 17.3. The predicted octanol–water partition coefficient (Wildman–Crippen LogP) is 5.75. The molecular formula is C20H11Cl2F4N3O6S. The Morgan fingerprint density at radius 3 is 2.28 bits per heavy atom. The Morgan fingerprint density at radius 1 is 1.08 bits per heavy atom. The number of hydrogen-bond donors (Lipinski definition) is 2. The monoisotopic (exact) mass is 567 g/mol. The first kappa shape index (κ1) is 27.0. The highest BCUT2D eigenvalue weighted by atomic mass is 35.5. The van der Waals surface area contributed by atoms with E-state index in [2.05, 4.69) is 0 Å². The molecule has 0 spiro atoms. The number of nitro benzene ring substituents is 1. The van der Waals surface area contributed by atoms with Crippen LogP contribution in [-0.4, -0.2) is 19.2 Å². The topological polar surface area (TPSA) is 142 Å². The van der Waals surface area contributed by atoms with Crippen molar-refractivity contribution in [2.24, 2.45) is 5.73 Å². The Labute approximate surface area is 209 Å². The highest BCUT2D eigenvalue weighted by molar-refractivity contribution is 7.92. The molecule has 0 atom stereocenters. The Morgan fingerprint density at radius 2 is 1.72 bits per heavy atom. The summed E-state index contributed by atoms with van der Waals surface area (Å²) in [5.74, 6) is -4.14. The maximum atomic E-state index is 14.4. The number of halogens is 6. The van der Waals surface area contributed by atoms with Crippen molar-refractivity contribution in [3.8, 4) is 11.5 Å². The molecule has 3 N–H and O–H groups in total. The highest BCUT2D eigenvalue weighted by Gasteiger charge is 2.33. The van der Waals surface area contributed by atoms with Gasteiger partial charge < -0.3 is 10.5 Å². The number of sulfonamides is 1. The molecule has 3 aromatic rings. The van der Waals surface area contributed by atoms with Crippen LogP contribution >= 0.6 is 23.2 Å². The average Bonchev–Trinajstić information content (AvgIpc) is 2.76. The first-order valence-electron chi connectivity index (χ1n) is 9.25. The predicted molar refractivity (Wildman–Crippen MR) is 120 cm³/mol. The van der Waals surface area contributed by atoms with Crippen molar-refractivity contribution in [3.05, 3.63) is 85.6 Å². The van der Waals surface area contributed by atoms with E-state index in [1.54, 1.807) is 0 Å². The lowest BCUT2D eigenvalue weighted by Crippen LogP contribution is -2.20. The van der Waals surface area contributed by atoms with Crippen LogP contribution < -0.4 is 15.2 Å². The summed E-state index contributed by atoms with van der Waals surface area (Å²) in [6.45, 7) is 0. The smallest absolute Gasteiger partial charge is 0.416 e. The third kappa shape index (κ3) is 5.61. The van der Waals surface area contributed by atoms with Crippen LogP contribution in [0.2, 0.25) is 10.0 Å². The van der Waals surface area contributed by atoms with Gasteiger partial charge in [-0.3, -0.25) is 19.6 Å². The van der Waals surface area contributed by atoms with Gasteiger partial charge in [-0.15, -0.1) is 0 Å². The molecule has 0 aliphatic carbocycles. The molecule has 0 saturated carbocycles. The third-order valence-corrected chi connectivity index (χ3v) is 6.47.